The minimum absolute atomic E-state index is 0.0354. The molecule has 0 aromatic rings. The number of hydrogen-bond acceptors (Lipinski definition) is 11. The van der Waals surface area contributed by atoms with Gasteiger partial charge in [0.2, 0.25) is 0 Å². The third kappa shape index (κ3) is 9.14. The molecule has 3 saturated heterocycles. The standard InChI is InChI=1S/C44H71NO10/c1-11-14-28-15-13-16-37(55-39-18-17-36(45(6)7)25(4)51-39)24(3)40(47)35-22-33-31(34(35)23-38(46)53-28)19-27(12-2)30-20-29(21-32(30)33)54-44-43(50-10)42(49-9)41(48-8)26(5)52-44/h19,22,24-26,28-34,36-37,39,41-44H,11-18,20-21,23H2,1-10H3/t24-,25-,26+,28+,29-,30+,31-,32-,33-,34+,36+,37+,39+,41+,42-,43-,44+/m1/s1. The van der Waals surface area contributed by atoms with Crippen LogP contribution in [0.2, 0.25) is 0 Å². The fourth-order valence-electron chi connectivity index (χ4n) is 11.2. The molecule has 1 saturated carbocycles. The van der Waals surface area contributed by atoms with E-state index in [4.69, 9.17) is 37.9 Å². The molecule has 0 unspecified atom stereocenters. The van der Waals surface area contributed by atoms with Crippen molar-refractivity contribution in [1.82, 2.24) is 4.90 Å². The number of nitrogens with zero attached hydrogens (tertiary/aromatic N) is 1. The van der Waals surface area contributed by atoms with Crippen LogP contribution in [0.15, 0.2) is 23.3 Å². The Labute approximate surface area is 330 Å². The number of likely N-dealkylation sites (N-methyl/N-ethyl adjacent to an activating group) is 1. The molecule has 0 radical (unpaired) electrons. The first-order valence-corrected chi connectivity index (χ1v) is 21.4. The van der Waals surface area contributed by atoms with Crippen LogP contribution in [0.5, 0.6) is 0 Å². The van der Waals surface area contributed by atoms with Gasteiger partial charge in [-0.2, -0.15) is 0 Å². The average Bonchev–Trinajstić information content (AvgIpc) is 3.73. The first-order chi connectivity index (χ1) is 26.4. The Hall–Kier alpha value is -1.70. The van der Waals surface area contributed by atoms with Gasteiger partial charge in [-0.15, -0.1) is 0 Å². The van der Waals surface area contributed by atoms with E-state index in [0.717, 1.165) is 63.4 Å². The number of fused-ring (bicyclic) bond motifs is 5. The Morgan fingerprint density at radius 3 is 2.20 bits per heavy atom. The zero-order valence-electron chi connectivity index (χ0n) is 35.3. The first kappa shape index (κ1) is 42.9. The third-order valence-electron chi connectivity index (χ3n) is 14.1. The van der Waals surface area contributed by atoms with Crippen LogP contribution in [-0.2, 0) is 47.5 Å². The molecule has 0 spiro atoms. The minimum atomic E-state index is -0.599. The van der Waals surface area contributed by atoms with E-state index in [2.05, 4.69) is 51.9 Å². The van der Waals surface area contributed by atoms with E-state index in [0.29, 0.717) is 18.4 Å². The molecule has 0 amide bonds. The van der Waals surface area contributed by atoms with Gasteiger partial charge in [-0.05, 0) is 115 Å². The van der Waals surface area contributed by atoms with Crippen molar-refractivity contribution in [2.75, 3.05) is 35.4 Å². The van der Waals surface area contributed by atoms with Crippen molar-refractivity contribution in [3.05, 3.63) is 23.3 Å². The number of methoxy groups -OCH3 is 3. The lowest BCUT2D eigenvalue weighted by Crippen LogP contribution is -2.59. The van der Waals surface area contributed by atoms with E-state index in [-0.39, 0.29) is 96.8 Å². The summed E-state index contributed by atoms with van der Waals surface area (Å²) in [6.45, 7) is 10.5. The molecule has 0 aromatic heterocycles. The topological polar surface area (TPSA) is 111 Å². The molecule has 17 atom stereocenters. The van der Waals surface area contributed by atoms with Crippen molar-refractivity contribution in [2.24, 2.45) is 35.5 Å². The van der Waals surface area contributed by atoms with Gasteiger partial charge >= 0.3 is 5.97 Å². The molecule has 6 rings (SSSR count). The van der Waals surface area contributed by atoms with Gasteiger partial charge in [-0.25, -0.2) is 0 Å². The summed E-state index contributed by atoms with van der Waals surface area (Å²) < 4.78 is 50.1. The van der Waals surface area contributed by atoms with Crippen molar-refractivity contribution >= 4 is 11.8 Å². The van der Waals surface area contributed by atoms with Crippen LogP contribution < -0.4 is 0 Å². The largest absolute Gasteiger partial charge is 0.462 e. The van der Waals surface area contributed by atoms with Gasteiger partial charge in [-0.1, -0.05) is 44.9 Å². The highest BCUT2D eigenvalue weighted by atomic mass is 16.7. The van der Waals surface area contributed by atoms with Gasteiger partial charge in [-0.3, -0.25) is 9.59 Å². The smallest absolute Gasteiger partial charge is 0.306 e. The number of hydrogen-bond donors (Lipinski definition) is 0. The molecule has 3 heterocycles. The van der Waals surface area contributed by atoms with Crippen LogP contribution in [0.4, 0.5) is 0 Å². The molecule has 11 nitrogen and oxygen atoms in total. The highest BCUT2D eigenvalue weighted by molar-refractivity contribution is 5.99. The fourth-order valence-corrected chi connectivity index (χ4v) is 11.2. The number of allylic oxidation sites excluding steroid dienone is 4. The first-order valence-electron chi connectivity index (χ1n) is 21.4. The maximum absolute atomic E-state index is 14.9. The summed E-state index contributed by atoms with van der Waals surface area (Å²) >= 11 is 0. The zero-order valence-corrected chi connectivity index (χ0v) is 35.3. The number of esters is 1. The number of Topliss-reactive ketones (excluding diaryl/α,β-unsaturated/α-hetero) is 1. The highest BCUT2D eigenvalue weighted by Gasteiger charge is 2.54. The van der Waals surface area contributed by atoms with E-state index in [1.54, 1.807) is 21.3 Å². The SMILES string of the molecule is CCC[C@H]1CCC[C@H](O[C@H]2CC[C@H](N(C)C)[C@@H](C)O2)[C@@H](C)C(=O)C2=C[C@@H]3[C@@H](C=C(CC)[C@@H]4C[C@@H](O[C@@H]5O[C@@H](C)[C@H](OC)[C@@H](OC)[C@H]5OC)C[C@@H]34)[C@@H]2CC(=O)O1. The molecule has 0 N–H and O–H groups in total. The highest BCUT2D eigenvalue weighted by Crippen LogP contribution is 2.57. The summed E-state index contributed by atoms with van der Waals surface area (Å²) in [5.41, 5.74) is 2.17. The molecular weight excluding hydrogens is 702 g/mol. The van der Waals surface area contributed by atoms with Crippen molar-refractivity contribution < 1.29 is 47.5 Å². The lowest BCUT2D eigenvalue weighted by Gasteiger charge is -2.44. The quantitative estimate of drug-likeness (QED) is 0.166. The lowest BCUT2D eigenvalue weighted by molar-refractivity contribution is -0.314. The number of carbonyl (C=O) groups is 2. The summed E-state index contributed by atoms with van der Waals surface area (Å²) in [5, 5.41) is 0. The second-order valence-electron chi connectivity index (χ2n) is 17.5. The second kappa shape index (κ2) is 18.9. The molecular formula is C44H71NO10. The predicted molar refractivity (Wildman–Crippen MR) is 208 cm³/mol. The number of carbonyl (C=O) groups excluding carboxylic acids is 2. The monoisotopic (exact) mass is 774 g/mol. The summed E-state index contributed by atoms with van der Waals surface area (Å²) in [6, 6.07) is 0.336. The fraction of sp³-hybridized carbons (Fsp3) is 0.864. The van der Waals surface area contributed by atoms with Gasteiger partial charge in [0.05, 0.1) is 30.8 Å². The van der Waals surface area contributed by atoms with Crippen molar-refractivity contribution in [3.63, 3.8) is 0 Å². The molecule has 4 fully saturated rings. The maximum Gasteiger partial charge on any atom is 0.306 e. The Morgan fingerprint density at radius 1 is 0.800 bits per heavy atom. The molecule has 0 aromatic carbocycles. The Kier molecular flexibility index (Phi) is 14.8. The molecule has 11 heteroatoms. The summed E-state index contributed by atoms with van der Waals surface area (Å²) in [4.78, 5) is 30.8. The zero-order chi connectivity index (χ0) is 39.6. The lowest BCUT2D eigenvalue weighted by atomic mass is 9.67. The Balaban J connectivity index is 1.25. The maximum atomic E-state index is 14.9. The van der Waals surface area contributed by atoms with Crippen LogP contribution in [0.25, 0.3) is 0 Å². The summed E-state index contributed by atoms with van der Waals surface area (Å²) in [5.74, 6) is 0.0561. The summed E-state index contributed by atoms with van der Waals surface area (Å²) in [6.07, 6.45) is 10.6. The Bertz CT molecular complexity index is 1370. The van der Waals surface area contributed by atoms with Crippen molar-refractivity contribution in [3.8, 4) is 0 Å². The summed E-state index contributed by atoms with van der Waals surface area (Å²) in [7, 11) is 9.19. The number of ether oxygens (including phenoxy) is 8. The molecule has 312 valence electrons. The molecule has 0 bridgehead atoms. The van der Waals surface area contributed by atoms with Crippen LogP contribution in [0, 0.1) is 35.5 Å². The molecule has 3 aliphatic heterocycles. The van der Waals surface area contributed by atoms with Crippen LogP contribution >= 0.6 is 0 Å². The Morgan fingerprint density at radius 2 is 1.55 bits per heavy atom. The second-order valence-corrected chi connectivity index (χ2v) is 17.5. The van der Waals surface area contributed by atoms with Crippen LogP contribution in [-0.4, -0.2) is 120 Å². The van der Waals surface area contributed by atoms with Gasteiger partial charge in [0.25, 0.3) is 0 Å². The number of ketones is 1. The normalized spacial score (nSPS) is 44.1. The molecule has 3 aliphatic carbocycles. The van der Waals surface area contributed by atoms with Gasteiger partial charge < -0.3 is 42.8 Å². The average molecular weight is 774 g/mol. The number of rotatable bonds is 11. The van der Waals surface area contributed by atoms with Crippen LogP contribution in [0.1, 0.15) is 105 Å². The van der Waals surface area contributed by atoms with Crippen molar-refractivity contribution in [2.45, 2.75) is 173 Å². The van der Waals surface area contributed by atoms with Crippen molar-refractivity contribution in [1.29, 1.82) is 0 Å². The number of cyclic esters (lactones) is 1. The van der Waals surface area contributed by atoms with E-state index >= 15 is 0 Å². The molecule has 6 aliphatic rings. The van der Waals surface area contributed by atoms with E-state index in [1.165, 1.54) is 5.57 Å². The van der Waals surface area contributed by atoms with E-state index in [9.17, 15) is 9.59 Å². The van der Waals surface area contributed by atoms with E-state index in [1.807, 2.05) is 13.8 Å². The van der Waals surface area contributed by atoms with Crippen LogP contribution in [0.3, 0.4) is 0 Å². The van der Waals surface area contributed by atoms with Gasteiger partial charge in [0.15, 0.2) is 18.4 Å². The minimum Gasteiger partial charge on any atom is -0.462 e. The van der Waals surface area contributed by atoms with Gasteiger partial charge in [0.1, 0.15) is 24.4 Å². The van der Waals surface area contributed by atoms with E-state index < -0.39 is 12.4 Å². The molecule has 55 heavy (non-hydrogen) atoms. The van der Waals surface area contributed by atoms with Gasteiger partial charge in [0, 0.05) is 39.2 Å². The third-order valence-corrected chi connectivity index (χ3v) is 14.1. The predicted octanol–water partition coefficient (Wildman–Crippen LogP) is 6.66.